The fourth-order valence-electron chi connectivity index (χ4n) is 6.20. The van der Waals surface area contributed by atoms with Crippen LogP contribution in [0, 0.1) is 0 Å². The third kappa shape index (κ3) is 12.7. The molecule has 0 saturated carbocycles. The molecule has 2 rings (SSSR count). The molecule has 11 heteroatoms. The molecule has 0 spiro atoms. The molecule has 0 aromatic rings. The number of unbranched alkanes of at least 4 members (excludes halogenated alkanes) is 17. The van der Waals surface area contributed by atoms with Gasteiger partial charge in [0.1, 0.15) is 48.8 Å². The molecule has 11 nitrogen and oxygen atoms in total. The van der Waals surface area contributed by atoms with Crippen LogP contribution in [0.2, 0.25) is 0 Å². The molecule has 8 N–H and O–H groups in total. The minimum atomic E-state index is -2.10. The van der Waals surface area contributed by atoms with Crippen LogP contribution in [0.1, 0.15) is 129 Å². The van der Waals surface area contributed by atoms with E-state index < -0.39 is 74.1 Å². The number of hydrogen-bond acceptors (Lipinski definition) is 11. The smallest absolute Gasteiger partial charge is 0.195 e. The van der Waals surface area contributed by atoms with Gasteiger partial charge in [-0.3, -0.25) is 0 Å². The number of ether oxygens (including phenoxy) is 3. The molecule has 2 saturated heterocycles. The van der Waals surface area contributed by atoms with Crippen LogP contribution in [-0.4, -0.2) is 115 Å². The topological polar surface area (TPSA) is 190 Å². The van der Waals surface area contributed by atoms with E-state index in [-0.39, 0.29) is 6.42 Å². The standard InChI is InChI=1S/C32H62O11/c1-2-3-4-5-6-7-8-9-10-11-12-13-14-15-16-17-18-19-20-32(40)30(39)28(38)29(24(22-34)43-32)42-31-27(37)26(36)25(35)23(21-33)41-31/h23-31,33-40H,2-22H2,1H3/t23-,24-,25+,26+,27-,28+,29-,30-,31+,32?/m1/s1. The zero-order valence-corrected chi connectivity index (χ0v) is 26.3. The van der Waals surface area contributed by atoms with Gasteiger partial charge in [0.2, 0.25) is 0 Å². The van der Waals surface area contributed by atoms with Gasteiger partial charge in [-0.2, -0.15) is 0 Å². The highest BCUT2D eigenvalue weighted by molar-refractivity contribution is 4.98. The van der Waals surface area contributed by atoms with Gasteiger partial charge >= 0.3 is 0 Å². The molecule has 256 valence electrons. The Hall–Kier alpha value is -0.440. The quantitative estimate of drug-likeness (QED) is 0.0781. The summed E-state index contributed by atoms with van der Waals surface area (Å²) in [6, 6.07) is 0. The molecule has 1 unspecified atom stereocenters. The van der Waals surface area contributed by atoms with Crippen LogP contribution in [0.4, 0.5) is 0 Å². The van der Waals surface area contributed by atoms with Gasteiger partial charge in [0.15, 0.2) is 12.1 Å². The second-order valence-corrected chi connectivity index (χ2v) is 12.7. The van der Waals surface area contributed by atoms with Crippen LogP contribution in [0.25, 0.3) is 0 Å². The molecule has 0 aliphatic carbocycles. The van der Waals surface area contributed by atoms with Crippen molar-refractivity contribution in [1.82, 2.24) is 0 Å². The number of aliphatic hydroxyl groups excluding tert-OH is 7. The Balaban J connectivity index is 1.59. The largest absolute Gasteiger partial charge is 0.394 e. The van der Waals surface area contributed by atoms with Crippen molar-refractivity contribution < 1.29 is 55.1 Å². The highest BCUT2D eigenvalue weighted by Gasteiger charge is 2.55. The lowest BCUT2D eigenvalue weighted by Gasteiger charge is -2.49. The number of rotatable bonds is 23. The molecule has 43 heavy (non-hydrogen) atoms. The van der Waals surface area contributed by atoms with Gasteiger partial charge in [-0.05, 0) is 6.42 Å². The molecule has 2 aliphatic rings. The normalized spacial score (nSPS) is 35.0. The van der Waals surface area contributed by atoms with Crippen molar-refractivity contribution >= 4 is 0 Å². The lowest BCUT2D eigenvalue weighted by molar-refractivity contribution is -0.384. The van der Waals surface area contributed by atoms with Crippen LogP contribution in [0.15, 0.2) is 0 Å². The van der Waals surface area contributed by atoms with E-state index in [0.717, 1.165) is 19.3 Å². The van der Waals surface area contributed by atoms with Crippen molar-refractivity contribution in [3.05, 3.63) is 0 Å². The SMILES string of the molecule is CCCCCCCCCCCCCCCCCCCCC1(O)O[C@H](CO)[C@@H](O[C@@H]2O[C@H](CO)[C@H](O)[C@H](O)[C@H]2O)[C@H](O)[C@H]1O. The molecule has 0 bridgehead atoms. The van der Waals surface area contributed by atoms with Crippen molar-refractivity contribution in [1.29, 1.82) is 0 Å². The van der Waals surface area contributed by atoms with Crippen molar-refractivity contribution in [2.75, 3.05) is 13.2 Å². The highest BCUT2D eigenvalue weighted by Crippen LogP contribution is 2.35. The predicted molar refractivity (Wildman–Crippen MR) is 161 cm³/mol. The van der Waals surface area contributed by atoms with Crippen molar-refractivity contribution in [2.24, 2.45) is 0 Å². The summed E-state index contributed by atoms with van der Waals surface area (Å²) in [5.41, 5.74) is 0. The first-order valence-electron chi connectivity index (χ1n) is 17.0. The van der Waals surface area contributed by atoms with Crippen LogP contribution in [0.5, 0.6) is 0 Å². The Bertz CT molecular complexity index is 696. The van der Waals surface area contributed by atoms with E-state index in [2.05, 4.69) is 6.92 Å². The van der Waals surface area contributed by atoms with Crippen LogP contribution >= 0.6 is 0 Å². The summed E-state index contributed by atoms with van der Waals surface area (Å²) in [6.45, 7) is 0.915. The maximum absolute atomic E-state index is 11.0. The van der Waals surface area contributed by atoms with Gasteiger partial charge in [0.05, 0.1) is 13.2 Å². The first-order chi connectivity index (χ1) is 20.7. The van der Waals surface area contributed by atoms with E-state index in [9.17, 15) is 40.9 Å². The summed E-state index contributed by atoms with van der Waals surface area (Å²) < 4.78 is 16.5. The first-order valence-corrected chi connectivity index (χ1v) is 17.0. The zero-order chi connectivity index (χ0) is 31.7. The lowest BCUT2D eigenvalue weighted by Crippen LogP contribution is -2.68. The molecule has 10 atom stereocenters. The van der Waals surface area contributed by atoms with Gasteiger partial charge in [0, 0.05) is 6.42 Å². The molecule has 2 aliphatic heterocycles. The summed E-state index contributed by atoms with van der Waals surface area (Å²) in [5, 5.41) is 81.9. The highest BCUT2D eigenvalue weighted by atomic mass is 16.7. The average molecular weight is 623 g/mol. The molecule has 0 radical (unpaired) electrons. The summed E-state index contributed by atoms with van der Waals surface area (Å²) in [7, 11) is 0. The van der Waals surface area contributed by atoms with E-state index in [1.165, 1.54) is 89.9 Å². The Labute approximate surface area is 258 Å². The fourth-order valence-corrected chi connectivity index (χ4v) is 6.20. The summed E-state index contributed by atoms with van der Waals surface area (Å²) in [4.78, 5) is 0. The van der Waals surface area contributed by atoms with Crippen molar-refractivity contribution in [3.8, 4) is 0 Å². The van der Waals surface area contributed by atoms with Gasteiger partial charge in [-0.1, -0.05) is 116 Å². The minimum Gasteiger partial charge on any atom is -0.394 e. The Morgan fingerprint density at radius 3 is 1.44 bits per heavy atom. The van der Waals surface area contributed by atoms with Gasteiger partial charge in [-0.15, -0.1) is 0 Å². The minimum absolute atomic E-state index is 0.0488. The number of hydrogen-bond donors (Lipinski definition) is 8. The van der Waals surface area contributed by atoms with Crippen molar-refractivity contribution in [3.63, 3.8) is 0 Å². The summed E-state index contributed by atoms with van der Waals surface area (Å²) in [5.74, 6) is -2.10. The number of aliphatic hydroxyl groups is 8. The Morgan fingerprint density at radius 1 is 0.558 bits per heavy atom. The Kier molecular flexibility index (Phi) is 19.3. The second kappa shape index (κ2) is 21.4. The average Bonchev–Trinajstić information content (AvgIpc) is 3.00. The third-order valence-corrected chi connectivity index (χ3v) is 9.05. The predicted octanol–water partition coefficient (Wildman–Crippen LogP) is 2.40. The third-order valence-electron chi connectivity index (χ3n) is 9.05. The molecular weight excluding hydrogens is 560 g/mol. The van der Waals surface area contributed by atoms with Gasteiger partial charge < -0.3 is 55.1 Å². The molecule has 0 aromatic carbocycles. The second-order valence-electron chi connectivity index (χ2n) is 12.7. The summed E-state index contributed by atoms with van der Waals surface area (Å²) >= 11 is 0. The molecule has 0 aromatic heterocycles. The molecule has 2 heterocycles. The van der Waals surface area contributed by atoms with E-state index in [1.807, 2.05) is 0 Å². The molecule has 0 amide bonds. The van der Waals surface area contributed by atoms with Crippen LogP contribution < -0.4 is 0 Å². The maximum Gasteiger partial charge on any atom is 0.195 e. The van der Waals surface area contributed by atoms with Gasteiger partial charge in [0.25, 0.3) is 0 Å². The van der Waals surface area contributed by atoms with E-state index in [1.54, 1.807) is 0 Å². The Morgan fingerprint density at radius 2 is 1.00 bits per heavy atom. The fraction of sp³-hybridized carbons (Fsp3) is 1.00. The van der Waals surface area contributed by atoms with E-state index >= 15 is 0 Å². The first kappa shape index (κ1) is 38.7. The monoisotopic (exact) mass is 622 g/mol. The summed E-state index contributed by atoms with van der Waals surface area (Å²) in [6.07, 6.45) is 8.08. The van der Waals surface area contributed by atoms with E-state index in [4.69, 9.17) is 14.2 Å². The zero-order valence-electron chi connectivity index (χ0n) is 26.3. The lowest BCUT2D eigenvalue weighted by atomic mass is 9.89. The van der Waals surface area contributed by atoms with E-state index in [0.29, 0.717) is 6.42 Å². The van der Waals surface area contributed by atoms with Crippen LogP contribution in [-0.2, 0) is 14.2 Å². The maximum atomic E-state index is 11.0. The molecule has 2 fully saturated rings. The van der Waals surface area contributed by atoms with Crippen molar-refractivity contribution in [2.45, 2.75) is 190 Å². The molecular formula is C32H62O11. The van der Waals surface area contributed by atoms with Crippen LogP contribution in [0.3, 0.4) is 0 Å². The van der Waals surface area contributed by atoms with Gasteiger partial charge in [-0.25, -0.2) is 0 Å².